The summed E-state index contributed by atoms with van der Waals surface area (Å²) in [6, 6.07) is 8.38. The molecule has 1 aromatic heterocycles. The molecule has 0 aliphatic carbocycles. The highest BCUT2D eigenvalue weighted by molar-refractivity contribution is 5.83. The lowest BCUT2D eigenvalue weighted by Gasteiger charge is -1.99. The monoisotopic (exact) mass is 204 g/mol. The second-order valence-electron chi connectivity index (χ2n) is 3.69. The van der Waals surface area contributed by atoms with Crippen LogP contribution in [0.2, 0.25) is 0 Å². The maximum absolute atomic E-state index is 8.65. The number of nitrogens with one attached hydrogen (secondary N) is 1. The fourth-order valence-corrected chi connectivity index (χ4v) is 1.93. The van der Waals surface area contributed by atoms with Crippen molar-refractivity contribution in [2.24, 2.45) is 7.05 Å². The summed E-state index contributed by atoms with van der Waals surface area (Å²) >= 11 is 0. The number of benzene rings is 1. The molecule has 0 saturated carbocycles. The summed E-state index contributed by atoms with van der Waals surface area (Å²) in [6.45, 7) is 0.856. The minimum Gasteiger partial charge on any atom is -0.381 e. The van der Waals surface area contributed by atoms with E-state index in [1.165, 1.54) is 16.5 Å². The lowest BCUT2D eigenvalue weighted by atomic mass is 10.1. The Balaban J connectivity index is 2.27. The van der Waals surface area contributed by atoms with Crippen LogP contribution in [0, 0.1) is 0 Å². The highest BCUT2D eigenvalue weighted by Gasteiger charge is 2.04. The summed E-state index contributed by atoms with van der Waals surface area (Å²) < 4.78 is 2.14. The van der Waals surface area contributed by atoms with E-state index in [9.17, 15) is 0 Å². The molecule has 0 unspecified atom stereocenters. The Morgan fingerprint density at radius 2 is 2.13 bits per heavy atom. The molecule has 2 aromatic rings. The maximum atomic E-state index is 8.65. The summed E-state index contributed by atoms with van der Waals surface area (Å²) in [6.07, 6.45) is 3.10. The van der Waals surface area contributed by atoms with Crippen LogP contribution in [-0.2, 0) is 13.5 Å². The molecular formula is C12H16N2O. The number of aromatic nitrogens is 1. The average Bonchev–Trinajstić information content (AvgIpc) is 2.58. The zero-order chi connectivity index (χ0) is 10.7. The fourth-order valence-electron chi connectivity index (χ4n) is 1.93. The molecule has 0 aliphatic rings. The first-order valence-electron chi connectivity index (χ1n) is 5.17. The Morgan fingerprint density at radius 3 is 2.93 bits per heavy atom. The molecule has 1 heterocycles. The van der Waals surface area contributed by atoms with Gasteiger partial charge in [-0.25, -0.2) is 0 Å². The van der Waals surface area contributed by atoms with Crippen LogP contribution < -0.4 is 5.32 Å². The van der Waals surface area contributed by atoms with Crippen molar-refractivity contribution >= 4 is 10.9 Å². The number of nitrogens with zero attached hydrogens (tertiary/aromatic N) is 1. The summed E-state index contributed by atoms with van der Waals surface area (Å²) in [4.78, 5) is 0. The van der Waals surface area contributed by atoms with E-state index in [1.54, 1.807) is 0 Å². The number of aliphatic hydroxyl groups excluding tert-OH is 1. The van der Waals surface area contributed by atoms with Crippen molar-refractivity contribution < 1.29 is 5.11 Å². The molecule has 2 N–H and O–H groups in total. The maximum Gasteiger partial charge on any atom is 0.0931 e. The molecule has 15 heavy (non-hydrogen) atoms. The second-order valence-corrected chi connectivity index (χ2v) is 3.69. The highest BCUT2D eigenvalue weighted by Crippen LogP contribution is 2.20. The van der Waals surface area contributed by atoms with Crippen molar-refractivity contribution in [3.63, 3.8) is 0 Å². The third-order valence-electron chi connectivity index (χ3n) is 2.66. The normalized spacial score (nSPS) is 11.1. The molecule has 3 nitrogen and oxygen atoms in total. The van der Waals surface area contributed by atoms with Crippen LogP contribution in [0.3, 0.4) is 0 Å². The Morgan fingerprint density at radius 1 is 1.33 bits per heavy atom. The largest absolute Gasteiger partial charge is 0.381 e. The van der Waals surface area contributed by atoms with Gasteiger partial charge in [0, 0.05) is 30.7 Å². The van der Waals surface area contributed by atoms with E-state index in [4.69, 9.17) is 5.11 Å². The summed E-state index contributed by atoms with van der Waals surface area (Å²) in [5, 5.41) is 12.9. The van der Waals surface area contributed by atoms with Crippen molar-refractivity contribution in [1.29, 1.82) is 0 Å². The lowest BCUT2D eigenvalue weighted by molar-refractivity contribution is 0.262. The van der Waals surface area contributed by atoms with Gasteiger partial charge in [0.05, 0.1) is 6.73 Å². The van der Waals surface area contributed by atoms with E-state index in [2.05, 4.69) is 47.4 Å². The molecule has 2 rings (SSSR count). The molecule has 3 heteroatoms. The van der Waals surface area contributed by atoms with Crippen LogP contribution in [0.25, 0.3) is 10.9 Å². The van der Waals surface area contributed by atoms with E-state index in [0.717, 1.165) is 13.0 Å². The predicted molar refractivity (Wildman–Crippen MR) is 61.7 cm³/mol. The molecule has 0 spiro atoms. The van der Waals surface area contributed by atoms with Crippen LogP contribution in [0.4, 0.5) is 0 Å². The van der Waals surface area contributed by atoms with Crippen molar-refractivity contribution in [1.82, 2.24) is 9.88 Å². The molecule has 0 fully saturated rings. The highest BCUT2D eigenvalue weighted by atomic mass is 16.3. The number of aliphatic hydroxyl groups is 1. The molecule has 0 aliphatic heterocycles. The SMILES string of the molecule is Cn1cc(CCNCO)c2ccccc21. The lowest BCUT2D eigenvalue weighted by Crippen LogP contribution is -2.17. The van der Waals surface area contributed by atoms with Crippen molar-refractivity contribution in [3.05, 3.63) is 36.0 Å². The zero-order valence-corrected chi connectivity index (χ0v) is 8.90. The number of aryl methyl sites for hydroxylation is 1. The van der Waals surface area contributed by atoms with Gasteiger partial charge >= 0.3 is 0 Å². The van der Waals surface area contributed by atoms with Crippen molar-refractivity contribution in [2.45, 2.75) is 6.42 Å². The molecular weight excluding hydrogens is 188 g/mol. The zero-order valence-electron chi connectivity index (χ0n) is 8.90. The predicted octanol–water partition coefficient (Wildman–Crippen LogP) is 1.26. The number of hydrogen-bond donors (Lipinski definition) is 2. The molecule has 1 aromatic carbocycles. The van der Waals surface area contributed by atoms with Gasteiger partial charge in [-0.15, -0.1) is 0 Å². The van der Waals surface area contributed by atoms with Crippen molar-refractivity contribution in [3.8, 4) is 0 Å². The van der Waals surface area contributed by atoms with Gasteiger partial charge in [-0.3, -0.25) is 5.32 Å². The summed E-state index contributed by atoms with van der Waals surface area (Å²) in [7, 11) is 2.06. The first-order valence-corrected chi connectivity index (χ1v) is 5.17. The van der Waals surface area contributed by atoms with E-state index >= 15 is 0 Å². The van der Waals surface area contributed by atoms with Gasteiger partial charge in [0.15, 0.2) is 0 Å². The van der Waals surface area contributed by atoms with Gasteiger partial charge in [-0.05, 0) is 18.1 Å². The number of para-hydroxylation sites is 1. The van der Waals surface area contributed by atoms with Gasteiger partial charge in [0.2, 0.25) is 0 Å². The number of hydrogen-bond acceptors (Lipinski definition) is 2. The van der Waals surface area contributed by atoms with Gasteiger partial charge in [0.25, 0.3) is 0 Å². The van der Waals surface area contributed by atoms with E-state index in [1.807, 2.05) is 0 Å². The fraction of sp³-hybridized carbons (Fsp3) is 0.333. The van der Waals surface area contributed by atoms with Gasteiger partial charge < -0.3 is 9.67 Å². The van der Waals surface area contributed by atoms with Crippen LogP contribution >= 0.6 is 0 Å². The van der Waals surface area contributed by atoms with E-state index < -0.39 is 0 Å². The Hall–Kier alpha value is -1.32. The molecule has 0 saturated heterocycles. The van der Waals surface area contributed by atoms with E-state index in [-0.39, 0.29) is 6.73 Å². The van der Waals surface area contributed by atoms with Crippen LogP contribution in [0.1, 0.15) is 5.56 Å². The molecule has 0 bridgehead atoms. The molecule has 0 atom stereocenters. The minimum atomic E-state index is 0.0464. The van der Waals surface area contributed by atoms with Gasteiger partial charge in [-0.1, -0.05) is 18.2 Å². The Labute approximate surface area is 89.3 Å². The number of fused-ring (bicyclic) bond motifs is 1. The summed E-state index contributed by atoms with van der Waals surface area (Å²) in [5.74, 6) is 0. The van der Waals surface area contributed by atoms with Gasteiger partial charge in [0.1, 0.15) is 0 Å². The molecule has 0 radical (unpaired) electrons. The average molecular weight is 204 g/mol. The van der Waals surface area contributed by atoms with E-state index in [0.29, 0.717) is 0 Å². The van der Waals surface area contributed by atoms with Crippen LogP contribution in [-0.4, -0.2) is 22.9 Å². The second kappa shape index (κ2) is 4.47. The van der Waals surface area contributed by atoms with Crippen LogP contribution in [0.15, 0.2) is 30.5 Å². The molecule has 0 amide bonds. The minimum absolute atomic E-state index is 0.0464. The third kappa shape index (κ3) is 2.03. The Kier molecular flexibility index (Phi) is 3.04. The molecule has 80 valence electrons. The Bertz CT molecular complexity index is 448. The standard InChI is InChI=1S/C12H16N2O/c1-14-8-10(6-7-13-9-15)11-4-2-3-5-12(11)14/h2-5,8,13,15H,6-7,9H2,1H3. The smallest absolute Gasteiger partial charge is 0.0931 e. The quantitative estimate of drug-likeness (QED) is 0.581. The van der Waals surface area contributed by atoms with Crippen molar-refractivity contribution in [2.75, 3.05) is 13.3 Å². The van der Waals surface area contributed by atoms with Crippen LogP contribution in [0.5, 0.6) is 0 Å². The first-order chi connectivity index (χ1) is 7.33. The third-order valence-corrected chi connectivity index (χ3v) is 2.66. The summed E-state index contributed by atoms with van der Waals surface area (Å²) in [5.41, 5.74) is 2.59. The topological polar surface area (TPSA) is 37.2 Å². The van der Waals surface area contributed by atoms with Gasteiger partial charge in [-0.2, -0.15) is 0 Å². The first kappa shape index (κ1) is 10.2. The number of rotatable bonds is 4.